The third-order valence-electron chi connectivity index (χ3n) is 3.29. The van der Waals surface area contributed by atoms with Crippen LogP contribution in [0.15, 0.2) is 12.4 Å². The molecule has 1 saturated heterocycles. The Morgan fingerprint density at radius 3 is 2.80 bits per heavy atom. The molecular formula is C11H13ClN4O4. The van der Waals surface area contributed by atoms with Crippen LogP contribution in [0.5, 0.6) is 0 Å². The average Bonchev–Trinajstić information content (AvgIpc) is 2.93. The summed E-state index contributed by atoms with van der Waals surface area (Å²) in [5.74, 6) is 0.205. The predicted molar refractivity (Wildman–Crippen MR) is 70.0 cm³/mol. The highest BCUT2D eigenvalue weighted by atomic mass is 35.5. The van der Waals surface area contributed by atoms with Crippen LogP contribution >= 0.6 is 11.6 Å². The highest BCUT2D eigenvalue weighted by molar-refractivity contribution is 6.35. The lowest BCUT2D eigenvalue weighted by atomic mass is 10.1. The van der Waals surface area contributed by atoms with E-state index in [0.29, 0.717) is 16.2 Å². The van der Waals surface area contributed by atoms with E-state index in [1.165, 1.54) is 17.0 Å². The molecule has 8 nitrogen and oxygen atoms in total. The summed E-state index contributed by atoms with van der Waals surface area (Å²) >= 11 is 6.01. The van der Waals surface area contributed by atoms with E-state index in [0.717, 1.165) is 0 Å². The minimum absolute atomic E-state index is 0.205. The molecule has 1 fully saturated rings. The first-order valence-corrected chi connectivity index (χ1v) is 6.31. The van der Waals surface area contributed by atoms with Gasteiger partial charge in [0.1, 0.15) is 29.6 Å². The second-order valence-corrected chi connectivity index (χ2v) is 4.99. The van der Waals surface area contributed by atoms with Crippen molar-refractivity contribution >= 4 is 28.6 Å². The maximum absolute atomic E-state index is 10.0. The SMILES string of the molecule is Nc1cc(Cl)c2ncn(C3OC(CO)C(O)C3O)c2n1. The van der Waals surface area contributed by atoms with Gasteiger partial charge in [-0.05, 0) is 0 Å². The molecule has 20 heavy (non-hydrogen) atoms. The van der Waals surface area contributed by atoms with Crippen LogP contribution in [0.1, 0.15) is 6.23 Å². The normalized spacial score (nSPS) is 30.2. The second kappa shape index (κ2) is 4.83. The number of imidazole rings is 1. The molecule has 0 bridgehead atoms. The van der Waals surface area contributed by atoms with E-state index in [2.05, 4.69) is 9.97 Å². The summed E-state index contributed by atoms with van der Waals surface area (Å²) in [5, 5.41) is 29.2. The zero-order chi connectivity index (χ0) is 14.4. The number of hydrogen-bond donors (Lipinski definition) is 4. The van der Waals surface area contributed by atoms with Crippen LogP contribution in [0, 0.1) is 0 Å². The number of anilines is 1. The zero-order valence-electron chi connectivity index (χ0n) is 10.2. The van der Waals surface area contributed by atoms with Crippen molar-refractivity contribution in [2.45, 2.75) is 24.5 Å². The van der Waals surface area contributed by atoms with Crippen molar-refractivity contribution in [1.29, 1.82) is 0 Å². The molecule has 4 unspecified atom stereocenters. The van der Waals surface area contributed by atoms with Gasteiger partial charge in [-0.25, -0.2) is 9.97 Å². The third kappa shape index (κ3) is 1.93. The summed E-state index contributed by atoms with van der Waals surface area (Å²) in [7, 11) is 0. The fraction of sp³-hybridized carbons (Fsp3) is 0.455. The number of nitrogen functional groups attached to an aromatic ring is 1. The quantitative estimate of drug-likeness (QED) is 0.576. The van der Waals surface area contributed by atoms with Gasteiger partial charge in [0.05, 0.1) is 18.0 Å². The van der Waals surface area contributed by atoms with Crippen LogP contribution in [0.4, 0.5) is 5.82 Å². The first-order chi connectivity index (χ1) is 9.52. The minimum atomic E-state index is -1.22. The number of aliphatic hydroxyl groups excluding tert-OH is 3. The van der Waals surface area contributed by atoms with Crippen molar-refractivity contribution in [2.75, 3.05) is 12.3 Å². The van der Waals surface area contributed by atoms with Gasteiger partial charge in [-0.15, -0.1) is 0 Å². The van der Waals surface area contributed by atoms with Crippen molar-refractivity contribution in [3.05, 3.63) is 17.4 Å². The summed E-state index contributed by atoms with van der Waals surface area (Å²) in [6.45, 7) is -0.405. The number of aliphatic hydroxyl groups is 3. The fourth-order valence-electron chi connectivity index (χ4n) is 2.28. The highest BCUT2D eigenvalue weighted by Crippen LogP contribution is 2.32. The van der Waals surface area contributed by atoms with Crippen molar-refractivity contribution < 1.29 is 20.1 Å². The Labute approximate surface area is 118 Å². The lowest BCUT2D eigenvalue weighted by Gasteiger charge is -2.16. The zero-order valence-corrected chi connectivity index (χ0v) is 11.0. The summed E-state index contributed by atoms with van der Waals surface area (Å²) in [6.07, 6.45) is -2.81. The van der Waals surface area contributed by atoms with Gasteiger partial charge in [0.2, 0.25) is 0 Å². The second-order valence-electron chi connectivity index (χ2n) is 4.58. The van der Waals surface area contributed by atoms with E-state index in [1.807, 2.05) is 0 Å². The monoisotopic (exact) mass is 300 g/mol. The van der Waals surface area contributed by atoms with Crippen molar-refractivity contribution in [3.8, 4) is 0 Å². The summed E-state index contributed by atoms with van der Waals surface area (Å²) in [5.41, 5.74) is 6.39. The maximum atomic E-state index is 10.0. The molecule has 0 amide bonds. The Bertz CT molecular complexity index is 649. The van der Waals surface area contributed by atoms with E-state index in [1.54, 1.807) is 0 Å². The van der Waals surface area contributed by atoms with E-state index in [-0.39, 0.29) is 5.82 Å². The van der Waals surface area contributed by atoms with Crippen LogP contribution in [-0.2, 0) is 4.74 Å². The van der Waals surface area contributed by atoms with Crippen LogP contribution in [0.2, 0.25) is 5.02 Å². The van der Waals surface area contributed by atoms with Gasteiger partial charge in [0.25, 0.3) is 0 Å². The molecule has 0 spiro atoms. The molecule has 2 aromatic heterocycles. The molecule has 108 valence electrons. The molecule has 5 N–H and O–H groups in total. The molecule has 9 heteroatoms. The van der Waals surface area contributed by atoms with Gasteiger partial charge in [0, 0.05) is 6.07 Å². The molecule has 3 rings (SSSR count). The molecule has 4 atom stereocenters. The number of hydrogen-bond acceptors (Lipinski definition) is 7. The number of rotatable bonds is 2. The molecule has 3 heterocycles. The Hall–Kier alpha value is -1.45. The number of nitrogens with two attached hydrogens (primary N) is 1. The summed E-state index contributed by atoms with van der Waals surface area (Å²) < 4.78 is 6.85. The predicted octanol–water partition coefficient (Wildman–Crippen LogP) is -0.722. The highest BCUT2D eigenvalue weighted by Gasteiger charge is 2.43. The Morgan fingerprint density at radius 2 is 2.15 bits per heavy atom. The van der Waals surface area contributed by atoms with Crippen LogP contribution in [0.25, 0.3) is 11.2 Å². The van der Waals surface area contributed by atoms with E-state index in [9.17, 15) is 10.2 Å². The van der Waals surface area contributed by atoms with Gasteiger partial charge >= 0.3 is 0 Å². The maximum Gasteiger partial charge on any atom is 0.165 e. The van der Waals surface area contributed by atoms with E-state index in [4.69, 9.17) is 27.2 Å². The number of fused-ring (bicyclic) bond motifs is 1. The lowest BCUT2D eigenvalue weighted by molar-refractivity contribution is -0.0511. The summed E-state index contributed by atoms with van der Waals surface area (Å²) in [6, 6.07) is 1.47. The van der Waals surface area contributed by atoms with Gasteiger partial charge in [0.15, 0.2) is 11.9 Å². The van der Waals surface area contributed by atoms with Gasteiger partial charge in [-0.1, -0.05) is 11.6 Å². The molecule has 1 aliphatic rings. The lowest BCUT2D eigenvalue weighted by Crippen LogP contribution is -2.33. The van der Waals surface area contributed by atoms with Crippen molar-refractivity contribution in [3.63, 3.8) is 0 Å². The topological polar surface area (TPSA) is 127 Å². The number of aromatic nitrogens is 3. The third-order valence-corrected chi connectivity index (χ3v) is 3.58. The average molecular weight is 301 g/mol. The molecular weight excluding hydrogens is 288 g/mol. The Morgan fingerprint density at radius 1 is 1.40 bits per heavy atom. The minimum Gasteiger partial charge on any atom is -0.394 e. The molecule has 1 aliphatic heterocycles. The smallest absolute Gasteiger partial charge is 0.165 e. The van der Waals surface area contributed by atoms with E-state index >= 15 is 0 Å². The number of ether oxygens (including phenoxy) is 1. The number of pyridine rings is 1. The number of halogens is 1. The van der Waals surface area contributed by atoms with Gasteiger partial charge in [-0.3, -0.25) is 4.57 Å². The summed E-state index contributed by atoms with van der Waals surface area (Å²) in [4.78, 5) is 8.20. The molecule has 0 saturated carbocycles. The molecule has 0 aromatic carbocycles. The van der Waals surface area contributed by atoms with Crippen LogP contribution in [0.3, 0.4) is 0 Å². The molecule has 0 radical (unpaired) electrons. The fourth-order valence-corrected chi connectivity index (χ4v) is 2.53. The van der Waals surface area contributed by atoms with Crippen molar-refractivity contribution in [1.82, 2.24) is 14.5 Å². The van der Waals surface area contributed by atoms with Crippen LogP contribution in [-0.4, -0.2) is 54.8 Å². The standard InChI is InChI=1S/C11H13ClN4O4/c12-4-1-6(13)15-10-7(4)14-3-16(10)11-9(19)8(18)5(2-17)20-11/h1,3,5,8-9,11,17-19H,2H2,(H2,13,15). The first kappa shape index (κ1) is 13.5. The van der Waals surface area contributed by atoms with Gasteiger partial charge in [-0.2, -0.15) is 0 Å². The van der Waals surface area contributed by atoms with Crippen molar-refractivity contribution in [2.24, 2.45) is 0 Å². The van der Waals surface area contributed by atoms with E-state index < -0.39 is 31.1 Å². The molecule has 2 aromatic rings. The van der Waals surface area contributed by atoms with Crippen LogP contribution < -0.4 is 5.73 Å². The Balaban J connectivity index is 2.07. The first-order valence-electron chi connectivity index (χ1n) is 5.94. The van der Waals surface area contributed by atoms with Gasteiger partial charge < -0.3 is 25.8 Å². The Kier molecular flexibility index (Phi) is 3.27. The largest absolute Gasteiger partial charge is 0.394 e. The molecule has 0 aliphatic carbocycles. The number of nitrogens with zero attached hydrogens (tertiary/aromatic N) is 3.